The predicted octanol–water partition coefficient (Wildman–Crippen LogP) is 1.73. The fourth-order valence-corrected chi connectivity index (χ4v) is 3.53. The third-order valence-corrected chi connectivity index (χ3v) is 4.97. The molecule has 1 aromatic rings. The number of rotatable bonds is 4. The molecule has 3 rings (SSSR count). The van der Waals surface area contributed by atoms with Gasteiger partial charge in [0.1, 0.15) is 0 Å². The lowest BCUT2D eigenvalue weighted by Gasteiger charge is -2.21. The fourth-order valence-electron chi connectivity index (χ4n) is 3.33. The maximum absolute atomic E-state index is 12.6. The molecule has 124 valence electrons. The molecule has 0 radical (unpaired) electrons. The number of hydrogen-bond donors (Lipinski definition) is 3. The van der Waals surface area contributed by atoms with E-state index in [1.165, 1.54) is 0 Å². The molecule has 2 aliphatic rings. The highest BCUT2D eigenvalue weighted by Crippen LogP contribution is 2.27. The number of nitrogens with one attached hydrogen (secondary N) is 2. The number of carbonyl (C=O) groups excluding carboxylic acids is 2. The topological polar surface area (TPSA) is 87.5 Å². The van der Waals surface area contributed by atoms with Crippen LogP contribution in [-0.4, -0.2) is 37.6 Å². The Morgan fingerprint density at radius 2 is 2.26 bits per heavy atom. The van der Waals surface area contributed by atoms with Gasteiger partial charge in [-0.25, -0.2) is 4.79 Å². The van der Waals surface area contributed by atoms with Crippen molar-refractivity contribution in [3.05, 3.63) is 28.8 Å². The molecule has 0 aromatic heterocycles. The van der Waals surface area contributed by atoms with Crippen molar-refractivity contribution in [2.24, 2.45) is 11.7 Å². The predicted molar refractivity (Wildman–Crippen MR) is 89.8 cm³/mol. The first kappa shape index (κ1) is 16.1. The molecular weight excluding hydrogens is 316 g/mol. The number of urea groups is 1. The Kier molecular flexibility index (Phi) is 4.73. The van der Waals surface area contributed by atoms with Gasteiger partial charge >= 0.3 is 6.03 Å². The Bertz CT molecular complexity index is 622. The number of carbonyl (C=O) groups is 2. The Morgan fingerprint density at radius 3 is 2.96 bits per heavy atom. The SMILES string of the molecule is NC[C@@H]1CCC[C@H]1NC(=O)c1cc(N2CCNC2=O)ccc1Cl. The summed E-state index contributed by atoms with van der Waals surface area (Å²) in [5.41, 5.74) is 6.83. The highest BCUT2D eigenvalue weighted by Gasteiger charge is 2.29. The third-order valence-electron chi connectivity index (χ3n) is 4.64. The van der Waals surface area contributed by atoms with Gasteiger partial charge in [-0.1, -0.05) is 18.0 Å². The second-order valence-corrected chi connectivity index (χ2v) is 6.46. The zero-order valence-electron chi connectivity index (χ0n) is 12.8. The van der Waals surface area contributed by atoms with Crippen molar-refractivity contribution in [1.29, 1.82) is 0 Å². The lowest BCUT2D eigenvalue weighted by Crippen LogP contribution is -2.40. The smallest absolute Gasteiger partial charge is 0.321 e. The van der Waals surface area contributed by atoms with Crippen LogP contribution in [0.25, 0.3) is 0 Å². The molecule has 4 N–H and O–H groups in total. The van der Waals surface area contributed by atoms with Gasteiger partial charge in [-0.2, -0.15) is 0 Å². The zero-order chi connectivity index (χ0) is 16.4. The standard InChI is InChI=1S/C16H21ClN4O2/c17-13-5-4-11(21-7-6-19-16(21)23)8-12(13)15(22)20-14-3-1-2-10(14)9-18/h4-5,8,10,14H,1-3,6-7,9,18H2,(H,19,23)(H,20,22)/t10-,14+/m0/s1. The van der Waals surface area contributed by atoms with E-state index >= 15 is 0 Å². The van der Waals surface area contributed by atoms with Crippen molar-refractivity contribution in [2.45, 2.75) is 25.3 Å². The number of anilines is 1. The number of hydrogen-bond acceptors (Lipinski definition) is 3. The summed E-state index contributed by atoms with van der Waals surface area (Å²) >= 11 is 6.19. The van der Waals surface area contributed by atoms with Crippen LogP contribution in [0.3, 0.4) is 0 Å². The van der Waals surface area contributed by atoms with E-state index in [9.17, 15) is 9.59 Å². The van der Waals surface area contributed by atoms with Gasteiger partial charge in [-0.05, 0) is 43.5 Å². The van der Waals surface area contributed by atoms with Gasteiger partial charge in [0.05, 0.1) is 10.6 Å². The summed E-state index contributed by atoms with van der Waals surface area (Å²) in [5, 5.41) is 6.17. The summed E-state index contributed by atoms with van der Waals surface area (Å²) in [6.07, 6.45) is 3.07. The molecule has 0 unspecified atom stereocenters. The molecule has 1 heterocycles. The Balaban J connectivity index is 1.78. The van der Waals surface area contributed by atoms with E-state index in [0.717, 1.165) is 19.3 Å². The van der Waals surface area contributed by atoms with Crippen LogP contribution >= 0.6 is 11.6 Å². The minimum atomic E-state index is -0.207. The first-order valence-electron chi connectivity index (χ1n) is 7.96. The monoisotopic (exact) mass is 336 g/mol. The molecular formula is C16H21ClN4O2. The van der Waals surface area contributed by atoms with Crippen LogP contribution < -0.4 is 21.3 Å². The van der Waals surface area contributed by atoms with E-state index in [-0.39, 0.29) is 18.0 Å². The van der Waals surface area contributed by atoms with Crippen molar-refractivity contribution >= 4 is 29.2 Å². The van der Waals surface area contributed by atoms with Gasteiger partial charge in [0, 0.05) is 24.8 Å². The van der Waals surface area contributed by atoms with E-state index < -0.39 is 0 Å². The van der Waals surface area contributed by atoms with Gasteiger partial charge < -0.3 is 16.4 Å². The molecule has 2 fully saturated rings. The summed E-state index contributed by atoms with van der Waals surface area (Å²) in [6, 6.07) is 5.03. The molecule has 6 nitrogen and oxygen atoms in total. The Morgan fingerprint density at radius 1 is 1.43 bits per heavy atom. The van der Waals surface area contributed by atoms with E-state index in [0.29, 0.717) is 41.8 Å². The van der Waals surface area contributed by atoms with Gasteiger partial charge in [0.15, 0.2) is 0 Å². The van der Waals surface area contributed by atoms with E-state index in [2.05, 4.69) is 10.6 Å². The molecule has 0 bridgehead atoms. The molecule has 0 spiro atoms. The van der Waals surface area contributed by atoms with Crippen LogP contribution in [0.5, 0.6) is 0 Å². The van der Waals surface area contributed by atoms with Crippen molar-refractivity contribution in [3.8, 4) is 0 Å². The molecule has 7 heteroatoms. The molecule has 1 aliphatic heterocycles. The highest BCUT2D eigenvalue weighted by atomic mass is 35.5. The van der Waals surface area contributed by atoms with Crippen molar-refractivity contribution in [3.63, 3.8) is 0 Å². The van der Waals surface area contributed by atoms with Gasteiger partial charge in [0.2, 0.25) is 0 Å². The minimum absolute atomic E-state index is 0.0994. The second-order valence-electron chi connectivity index (χ2n) is 6.05. The summed E-state index contributed by atoms with van der Waals surface area (Å²) < 4.78 is 0. The third kappa shape index (κ3) is 3.28. The molecule has 1 aliphatic carbocycles. The Labute approximate surface area is 140 Å². The maximum atomic E-state index is 12.6. The van der Waals surface area contributed by atoms with Crippen molar-refractivity contribution < 1.29 is 9.59 Å². The van der Waals surface area contributed by atoms with Crippen LogP contribution in [0.4, 0.5) is 10.5 Å². The van der Waals surface area contributed by atoms with Crippen LogP contribution in [0, 0.1) is 5.92 Å². The van der Waals surface area contributed by atoms with Gasteiger partial charge in [-0.3, -0.25) is 9.69 Å². The quantitative estimate of drug-likeness (QED) is 0.782. The minimum Gasteiger partial charge on any atom is -0.349 e. The van der Waals surface area contributed by atoms with E-state index in [1.807, 2.05) is 0 Å². The van der Waals surface area contributed by atoms with Crippen LogP contribution in [0.15, 0.2) is 18.2 Å². The number of nitrogens with zero attached hydrogens (tertiary/aromatic N) is 1. The number of halogens is 1. The lowest BCUT2D eigenvalue weighted by molar-refractivity contribution is 0.0929. The van der Waals surface area contributed by atoms with Gasteiger partial charge in [0.25, 0.3) is 5.91 Å². The van der Waals surface area contributed by atoms with E-state index in [1.54, 1.807) is 23.1 Å². The fraction of sp³-hybridized carbons (Fsp3) is 0.500. The van der Waals surface area contributed by atoms with Crippen molar-refractivity contribution in [2.75, 3.05) is 24.5 Å². The number of amides is 3. The average Bonchev–Trinajstić information content (AvgIpc) is 3.16. The summed E-state index contributed by atoms with van der Waals surface area (Å²) in [4.78, 5) is 25.9. The summed E-state index contributed by atoms with van der Waals surface area (Å²) in [6.45, 7) is 1.76. The first-order chi connectivity index (χ1) is 11.1. The zero-order valence-corrected chi connectivity index (χ0v) is 13.6. The number of nitrogens with two attached hydrogens (primary N) is 1. The maximum Gasteiger partial charge on any atom is 0.321 e. The van der Waals surface area contributed by atoms with Crippen LogP contribution in [-0.2, 0) is 0 Å². The summed E-state index contributed by atoms with van der Waals surface area (Å²) in [7, 11) is 0. The largest absolute Gasteiger partial charge is 0.349 e. The van der Waals surface area contributed by atoms with Gasteiger partial charge in [-0.15, -0.1) is 0 Å². The average molecular weight is 337 g/mol. The number of benzene rings is 1. The summed E-state index contributed by atoms with van der Waals surface area (Å²) in [5.74, 6) is 0.118. The highest BCUT2D eigenvalue weighted by molar-refractivity contribution is 6.34. The van der Waals surface area contributed by atoms with Crippen LogP contribution in [0.2, 0.25) is 5.02 Å². The lowest BCUT2D eigenvalue weighted by atomic mass is 10.0. The first-order valence-corrected chi connectivity index (χ1v) is 8.34. The molecule has 3 amide bonds. The van der Waals surface area contributed by atoms with E-state index in [4.69, 9.17) is 17.3 Å². The molecule has 23 heavy (non-hydrogen) atoms. The molecule has 1 saturated heterocycles. The molecule has 1 aromatic carbocycles. The normalized spacial score (nSPS) is 23.9. The van der Waals surface area contributed by atoms with Crippen LogP contribution in [0.1, 0.15) is 29.6 Å². The second kappa shape index (κ2) is 6.76. The van der Waals surface area contributed by atoms with Crippen molar-refractivity contribution in [1.82, 2.24) is 10.6 Å². The Hall–Kier alpha value is -1.79. The molecule has 1 saturated carbocycles. The molecule has 2 atom stereocenters.